The van der Waals surface area contributed by atoms with Crippen LogP contribution < -0.4 is 10.1 Å². The number of benzene rings is 3. The molecule has 5 rings (SSSR count). The lowest BCUT2D eigenvalue weighted by Gasteiger charge is -2.12. The molecule has 7 heteroatoms. The highest BCUT2D eigenvalue weighted by Crippen LogP contribution is 2.36. The highest BCUT2D eigenvalue weighted by molar-refractivity contribution is 9.10. The lowest BCUT2D eigenvalue weighted by molar-refractivity contribution is 0.102. The van der Waals surface area contributed by atoms with Crippen LogP contribution >= 0.6 is 27.7 Å². The first kappa shape index (κ1) is 19.9. The van der Waals surface area contributed by atoms with Crippen molar-refractivity contribution in [1.29, 1.82) is 0 Å². The van der Waals surface area contributed by atoms with Gasteiger partial charge >= 0.3 is 0 Å². The fourth-order valence-electron chi connectivity index (χ4n) is 3.42. The molecule has 4 aromatic rings. The molecule has 0 atom stereocenters. The zero-order chi connectivity index (χ0) is 21.2. The molecule has 0 aliphatic carbocycles. The Morgan fingerprint density at radius 3 is 2.52 bits per heavy atom. The van der Waals surface area contributed by atoms with E-state index in [4.69, 9.17) is 9.84 Å². The van der Waals surface area contributed by atoms with Crippen LogP contribution in [-0.4, -0.2) is 15.7 Å². The monoisotopic (exact) mass is 491 g/mol. The van der Waals surface area contributed by atoms with Gasteiger partial charge in [0, 0.05) is 27.1 Å². The van der Waals surface area contributed by atoms with Gasteiger partial charge in [-0.25, -0.2) is 4.68 Å². The number of carbonyl (C=O) groups is 1. The molecule has 154 valence electrons. The van der Waals surface area contributed by atoms with Crippen LogP contribution in [-0.2, 0) is 11.5 Å². The molecule has 1 amide bonds. The molecule has 0 fully saturated rings. The average molecular weight is 492 g/mol. The maximum absolute atomic E-state index is 12.9. The number of fused-ring (bicyclic) bond motifs is 1. The summed E-state index contributed by atoms with van der Waals surface area (Å²) in [6.07, 6.45) is 0. The van der Waals surface area contributed by atoms with Crippen molar-refractivity contribution in [3.63, 3.8) is 0 Å². The number of hydrogen-bond acceptors (Lipinski definition) is 4. The molecule has 0 bridgehead atoms. The summed E-state index contributed by atoms with van der Waals surface area (Å²) in [5.41, 5.74) is 3.55. The molecule has 31 heavy (non-hydrogen) atoms. The fourth-order valence-corrected chi connectivity index (χ4v) is 4.85. The van der Waals surface area contributed by atoms with Gasteiger partial charge in [-0.05, 0) is 54.6 Å². The van der Waals surface area contributed by atoms with E-state index in [1.54, 1.807) is 23.9 Å². The molecule has 3 aromatic carbocycles. The van der Waals surface area contributed by atoms with Crippen LogP contribution in [0.5, 0.6) is 11.5 Å². The maximum Gasteiger partial charge on any atom is 0.256 e. The normalized spacial score (nSPS) is 12.4. The summed E-state index contributed by atoms with van der Waals surface area (Å²) in [5.74, 6) is 3.76. The number of nitrogens with zero attached hydrogens (tertiary/aromatic N) is 2. The quantitative estimate of drug-likeness (QED) is 0.349. The molecule has 0 spiro atoms. The van der Waals surface area contributed by atoms with E-state index in [2.05, 4.69) is 21.2 Å². The highest BCUT2D eigenvalue weighted by Gasteiger charge is 2.25. The smallest absolute Gasteiger partial charge is 0.256 e. The topological polar surface area (TPSA) is 56.2 Å². The van der Waals surface area contributed by atoms with E-state index in [-0.39, 0.29) is 5.91 Å². The molecule has 0 saturated heterocycles. The average Bonchev–Trinajstić information content (AvgIpc) is 3.38. The number of ether oxygens (including phenoxy) is 1. The molecule has 5 nitrogen and oxygen atoms in total. The third-order valence-corrected chi connectivity index (χ3v) is 6.39. The number of carbonyl (C=O) groups excluding carboxylic acids is 1. The van der Waals surface area contributed by atoms with Gasteiger partial charge in [-0.2, -0.15) is 16.9 Å². The van der Waals surface area contributed by atoms with Gasteiger partial charge in [-0.15, -0.1) is 0 Å². The molecule has 2 heterocycles. The van der Waals surface area contributed by atoms with Crippen molar-refractivity contribution in [2.75, 3.05) is 5.32 Å². The molecule has 1 aliphatic rings. The van der Waals surface area contributed by atoms with Gasteiger partial charge in [0.2, 0.25) is 0 Å². The third-order valence-electron chi connectivity index (χ3n) is 4.93. The Morgan fingerprint density at radius 1 is 0.968 bits per heavy atom. The Balaban J connectivity index is 1.44. The van der Waals surface area contributed by atoms with Gasteiger partial charge in [-0.3, -0.25) is 4.79 Å². The van der Waals surface area contributed by atoms with E-state index in [1.807, 2.05) is 71.4 Å². The van der Waals surface area contributed by atoms with E-state index >= 15 is 0 Å². The first-order valence-electron chi connectivity index (χ1n) is 9.76. The van der Waals surface area contributed by atoms with Crippen LogP contribution in [0.3, 0.4) is 0 Å². The minimum Gasteiger partial charge on any atom is -0.457 e. The molecular formula is C24H18BrN3O2S. The Labute approximate surface area is 192 Å². The summed E-state index contributed by atoms with van der Waals surface area (Å²) in [6, 6.07) is 24.7. The standard InChI is InChI=1S/C24H18BrN3O2S/c25-17-6-4-5-16(13-17)24(29)26-23-21-14-31-15-22(21)27-28(23)18-9-11-20(12-10-18)30-19-7-2-1-3-8-19/h1-13H,14-15H2,(H,26,29). The first-order valence-corrected chi connectivity index (χ1v) is 11.7. The van der Waals surface area contributed by atoms with Gasteiger partial charge in [0.25, 0.3) is 5.91 Å². The van der Waals surface area contributed by atoms with Gasteiger partial charge < -0.3 is 10.1 Å². The summed E-state index contributed by atoms with van der Waals surface area (Å²) in [5, 5.41) is 7.85. The van der Waals surface area contributed by atoms with Crippen molar-refractivity contribution in [1.82, 2.24) is 9.78 Å². The van der Waals surface area contributed by atoms with Gasteiger partial charge in [0.1, 0.15) is 17.3 Å². The SMILES string of the molecule is O=C(Nc1c2c(nn1-c1ccc(Oc3ccccc3)cc1)CSC2)c1cccc(Br)c1. The number of thioether (sulfide) groups is 1. The molecule has 1 N–H and O–H groups in total. The zero-order valence-corrected chi connectivity index (χ0v) is 18.8. The number of hydrogen-bond donors (Lipinski definition) is 1. The number of halogens is 1. The maximum atomic E-state index is 12.9. The van der Waals surface area contributed by atoms with E-state index in [0.29, 0.717) is 5.56 Å². The van der Waals surface area contributed by atoms with Crippen molar-refractivity contribution in [3.8, 4) is 17.2 Å². The summed E-state index contributed by atoms with van der Waals surface area (Å²) in [6.45, 7) is 0. The molecule has 1 aliphatic heterocycles. The lowest BCUT2D eigenvalue weighted by Crippen LogP contribution is -2.16. The highest BCUT2D eigenvalue weighted by atomic mass is 79.9. The van der Waals surface area contributed by atoms with E-state index < -0.39 is 0 Å². The van der Waals surface area contributed by atoms with Gasteiger partial charge in [-0.1, -0.05) is 40.2 Å². The number of nitrogens with one attached hydrogen (secondary N) is 1. The second-order valence-electron chi connectivity index (χ2n) is 7.05. The Morgan fingerprint density at radius 2 is 1.74 bits per heavy atom. The molecule has 0 unspecified atom stereocenters. The number of aromatic nitrogens is 2. The molecule has 1 aromatic heterocycles. The Bertz CT molecular complexity index is 1240. The van der Waals surface area contributed by atoms with Crippen LogP contribution in [0, 0.1) is 0 Å². The van der Waals surface area contributed by atoms with Crippen molar-refractivity contribution in [2.24, 2.45) is 0 Å². The van der Waals surface area contributed by atoms with Crippen LogP contribution in [0.15, 0.2) is 83.3 Å². The molecule has 0 radical (unpaired) electrons. The van der Waals surface area contributed by atoms with Crippen LogP contribution in [0.2, 0.25) is 0 Å². The van der Waals surface area contributed by atoms with E-state index in [1.165, 1.54) is 0 Å². The Kier molecular flexibility index (Phi) is 5.53. The van der Waals surface area contributed by atoms with Crippen molar-refractivity contribution < 1.29 is 9.53 Å². The van der Waals surface area contributed by atoms with Crippen LogP contribution in [0.1, 0.15) is 21.6 Å². The van der Waals surface area contributed by atoms with Crippen LogP contribution in [0.4, 0.5) is 5.82 Å². The minimum absolute atomic E-state index is 0.161. The van der Waals surface area contributed by atoms with Gasteiger partial charge in [0.15, 0.2) is 0 Å². The summed E-state index contributed by atoms with van der Waals surface area (Å²) in [4.78, 5) is 12.9. The minimum atomic E-state index is -0.161. The number of anilines is 1. The number of amides is 1. The predicted molar refractivity (Wildman–Crippen MR) is 127 cm³/mol. The summed E-state index contributed by atoms with van der Waals surface area (Å²) in [7, 11) is 0. The van der Waals surface area contributed by atoms with Crippen molar-refractivity contribution in [3.05, 3.63) is 100 Å². The molecule has 0 saturated carbocycles. The van der Waals surface area contributed by atoms with Crippen LogP contribution in [0.25, 0.3) is 5.69 Å². The summed E-state index contributed by atoms with van der Waals surface area (Å²) >= 11 is 5.23. The van der Waals surface area contributed by atoms with Crippen molar-refractivity contribution in [2.45, 2.75) is 11.5 Å². The van der Waals surface area contributed by atoms with Gasteiger partial charge in [0.05, 0.1) is 11.4 Å². The second-order valence-corrected chi connectivity index (χ2v) is 8.95. The van der Waals surface area contributed by atoms with Crippen molar-refractivity contribution >= 4 is 39.4 Å². The molecular weight excluding hydrogens is 474 g/mol. The number of para-hydroxylation sites is 1. The van der Waals surface area contributed by atoms with E-state index in [0.717, 1.165) is 50.2 Å². The Hall–Kier alpha value is -3.03. The largest absolute Gasteiger partial charge is 0.457 e. The zero-order valence-electron chi connectivity index (χ0n) is 16.4. The second kappa shape index (κ2) is 8.61. The predicted octanol–water partition coefficient (Wildman–Crippen LogP) is 6.43. The van der Waals surface area contributed by atoms with E-state index in [9.17, 15) is 4.79 Å². The third kappa shape index (κ3) is 4.24. The fraction of sp³-hybridized carbons (Fsp3) is 0.0833. The number of rotatable bonds is 5. The summed E-state index contributed by atoms with van der Waals surface area (Å²) < 4.78 is 8.56. The first-order chi connectivity index (χ1) is 15.2. The lowest BCUT2D eigenvalue weighted by atomic mass is 10.2.